The Morgan fingerprint density at radius 3 is 2.85 bits per heavy atom. The molecule has 4 N–H and O–H groups in total. The molecule has 0 aliphatic rings. The molecule has 1 aromatic carbocycles. The topological polar surface area (TPSA) is 89.3 Å². The monoisotopic (exact) mass is 292 g/mol. The van der Waals surface area contributed by atoms with Gasteiger partial charge in [0.15, 0.2) is 0 Å². The highest BCUT2D eigenvalue weighted by atomic mass is 35.5. The zero-order valence-electron chi connectivity index (χ0n) is 10.7. The number of benzene rings is 1. The number of carbonyl (C=O) groups is 1. The number of carbonyl (C=O) groups excluding carboxylic acids is 1. The van der Waals surface area contributed by atoms with Crippen LogP contribution >= 0.6 is 11.6 Å². The number of halogens is 1. The van der Waals surface area contributed by atoms with Crippen molar-refractivity contribution in [1.29, 1.82) is 0 Å². The van der Waals surface area contributed by atoms with Gasteiger partial charge in [0.25, 0.3) is 5.91 Å². The van der Waals surface area contributed by atoms with Crippen LogP contribution < -0.4 is 21.3 Å². The second-order valence-corrected chi connectivity index (χ2v) is 4.29. The molecule has 0 saturated heterocycles. The molecule has 0 bridgehead atoms. The van der Waals surface area contributed by atoms with E-state index in [1.165, 1.54) is 7.11 Å². The number of hydrogen-bond acceptors (Lipinski definition) is 5. The average Bonchev–Trinajstić information content (AvgIpc) is 2.47. The van der Waals surface area contributed by atoms with Crippen molar-refractivity contribution in [3.63, 3.8) is 0 Å². The van der Waals surface area contributed by atoms with E-state index >= 15 is 0 Å². The van der Waals surface area contributed by atoms with Crippen molar-refractivity contribution >= 4 is 29.0 Å². The highest BCUT2D eigenvalue weighted by Gasteiger charge is 2.11. The summed E-state index contributed by atoms with van der Waals surface area (Å²) >= 11 is 5.90. The first kappa shape index (κ1) is 14.1. The van der Waals surface area contributed by atoms with Crippen LogP contribution in [0.4, 0.5) is 11.5 Å². The molecule has 0 atom stereocenters. The quantitative estimate of drug-likeness (QED) is 0.594. The van der Waals surface area contributed by atoms with Gasteiger partial charge in [-0.05, 0) is 30.3 Å². The first-order valence-electron chi connectivity index (χ1n) is 5.72. The SMILES string of the molecule is COc1ccc(Cl)cc1NC(=O)c1cccc(NN)n1. The zero-order chi connectivity index (χ0) is 14.5. The van der Waals surface area contributed by atoms with Crippen LogP contribution in [0.25, 0.3) is 0 Å². The van der Waals surface area contributed by atoms with E-state index in [1.54, 1.807) is 36.4 Å². The number of nitrogen functional groups attached to an aromatic ring is 1. The average molecular weight is 293 g/mol. The molecule has 20 heavy (non-hydrogen) atoms. The molecule has 104 valence electrons. The van der Waals surface area contributed by atoms with Crippen LogP contribution in [-0.4, -0.2) is 18.0 Å². The van der Waals surface area contributed by atoms with Crippen molar-refractivity contribution in [3.05, 3.63) is 47.1 Å². The third-order valence-corrected chi connectivity index (χ3v) is 2.77. The second kappa shape index (κ2) is 6.23. The van der Waals surface area contributed by atoms with E-state index in [0.717, 1.165) is 0 Å². The van der Waals surface area contributed by atoms with Crippen LogP contribution in [-0.2, 0) is 0 Å². The number of aromatic nitrogens is 1. The molecule has 2 rings (SSSR count). The van der Waals surface area contributed by atoms with Crippen molar-refractivity contribution in [3.8, 4) is 5.75 Å². The fourth-order valence-corrected chi connectivity index (χ4v) is 1.78. The number of hydrogen-bond donors (Lipinski definition) is 3. The summed E-state index contributed by atoms with van der Waals surface area (Å²) in [4.78, 5) is 16.2. The van der Waals surface area contributed by atoms with Crippen LogP contribution in [0.5, 0.6) is 5.75 Å². The van der Waals surface area contributed by atoms with E-state index < -0.39 is 0 Å². The van der Waals surface area contributed by atoms with Gasteiger partial charge in [-0.2, -0.15) is 0 Å². The van der Waals surface area contributed by atoms with Crippen molar-refractivity contribution in [2.75, 3.05) is 17.9 Å². The summed E-state index contributed by atoms with van der Waals surface area (Å²) in [6, 6.07) is 9.84. The second-order valence-electron chi connectivity index (χ2n) is 3.85. The standard InChI is InChI=1S/C13H13ClN4O2/c1-20-11-6-5-8(14)7-10(11)17-13(19)9-3-2-4-12(16-9)18-15/h2-7H,15H2,1H3,(H,16,18)(H,17,19). The molecule has 1 heterocycles. The lowest BCUT2D eigenvalue weighted by atomic mass is 10.2. The van der Waals surface area contributed by atoms with Crippen molar-refractivity contribution in [2.45, 2.75) is 0 Å². The molecule has 6 nitrogen and oxygen atoms in total. The van der Waals surface area contributed by atoms with Gasteiger partial charge in [-0.1, -0.05) is 17.7 Å². The molecule has 0 saturated carbocycles. The predicted octanol–water partition coefficient (Wildman–Crippen LogP) is 2.28. The first-order valence-corrected chi connectivity index (χ1v) is 6.10. The van der Waals surface area contributed by atoms with Gasteiger partial charge in [0, 0.05) is 5.02 Å². The Balaban J connectivity index is 2.25. The Morgan fingerprint density at radius 1 is 1.35 bits per heavy atom. The van der Waals surface area contributed by atoms with Gasteiger partial charge in [0.05, 0.1) is 12.8 Å². The summed E-state index contributed by atoms with van der Waals surface area (Å²) in [6.07, 6.45) is 0. The highest BCUT2D eigenvalue weighted by molar-refractivity contribution is 6.31. The normalized spacial score (nSPS) is 9.95. The summed E-state index contributed by atoms with van der Waals surface area (Å²) < 4.78 is 5.16. The largest absolute Gasteiger partial charge is 0.495 e. The van der Waals surface area contributed by atoms with Crippen LogP contribution in [0.1, 0.15) is 10.5 Å². The Labute approximate surface area is 120 Å². The molecular formula is C13H13ClN4O2. The van der Waals surface area contributed by atoms with E-state index in [9.17, 15) is 4.79 Å². The third kappa shape index (κ3) is 3.17. The van der Waals surface area contributed by atoms with Gasteiger partial charge in [0.1, 0.15) is 17.3 Å². The summed E-state index contributed by atoms with van der Waals surface area (Å²) in [6.45, 7) is 0. The molecule has 0 radical (unpaired) electrons. The predicted molar refractivity (Wildman–Crippen MR) is 78.0 cm³/mol. The van der Waals surface area contributed by atoms with E-state index in [0.29, 0.717) is 22.3 Å². The Morgan fingerprint density at radius 2 is 2.15 bits per heavy atom. The fraction of sp³-hybridized carbons (Fsp3) is 0.0769. The minimum Gasteiger partial charge on any atom is -0.495 e. The summed E-state index contributed by atoms with van der Waals surface area (Å²) in [5.74, 6) is 5.78. The van der Waals surface area contributed by atoms with Gasteiger partial charge >= 0.3 is 0 Å². The number of amides is 1. The third-order valence-electron chi connectivity index (χ3n) is 2.54. The van der Waals surface area contributed by atoms with Gasteiger partial charge in [0.2, 0.25) is 0 Å². The summed E-state index contributed by atoms with van der Waals surface area (Å²) in [7, 11) is 1.51. The number of nitrogens with zero attached hydrogens (tertiary/aromatic N) is 1. The number of hydrazine groups is 1. The van der Waals surface area contributed by atoms with Crippen LogP contribution in [0, 0.1) is 0 Å². The maximum Gasteiger partial charge on any atom is 0.274 e. The lowest BCUT2D eigenvalue weighted by molar-refractivity contribution is 0.102. The molecule has 0 spiro atoms. The van der Waals surface area contributed by atoms with E-state index in [2.05, 4.69) is 15.7 Å². The highest BCUT2D eigenvalue weighted by Crippen LogP contribution is 2.28. The smallest absolute Gasteiger partial charge is 0.274 e. The summed E-state index contributed by atoms with van der Waals surface area (Å²) in [5, 5.41) is 3.18. The van der Waals surface area contributed by atoms with Crippen molar-refractivity contribution in [2.24, 2.45) is 5.84 Å². The van der Waals surface area contributed by atoms with Gasteiger partial charge in [-0.15, -0.1) is 0 Å². The number of pyridine rings is 1. The maximum absolute atomic E-state index is 12.1. The lowest BCUT2D eigenvalue weighted by Gasteiger charge is -2.10. The molecular weight excluding hydrogens is 280 g/mol. The van der Waals surface area contributed by atoms with Crippen molar-refractivity contribution < 1.29 is 9.53 Å². The van der Waals surface area contributed by atoms with Crippen molar-refractivity contribution in [1.82, 2.24) is 4.98 Å². The molecule has 0 unspecified atom stereocenters. The fourth-order valence-electron chi connectivity index (χ4n) is 1.61. The maximum atomic E-state index is 12.1. The Kier molecular flexibility index (Phi) is 4.39. The Hall–Kier alpha value is -2.31. The number of rotatable bonds is 4. The first-order chi connectivity index (χ1) is 9.63. The number of nitrogens with one attached hydrogen (secondary N) is 2. The van der Waals surface area contributed by atoms with E-state index in [1.807, 2.05) is 0 Å². The van der Waals surface area contributed by atoms with Crippen LogP contribution in [0.15, 0.2) is 36.4 Å². The molecule has 0 fully saturated rings. The van der Waals surface area contributed by atoms with Crippen LogP contribution in [0.3, 0.4) is 0 Å². The number of methoxy groups -OCH3 is 1. The molecule has 7 heteroatoms. The number of ether oxygens (including phenoxy) is 1. The molecule has 1 aromatic heterocycles. The zero-order valence-corrected chi connectivity index (χ0v) is 11.4. The van der Waals surface area contributed by atoms with E-state index in [4.69, 9.17) is 22.2 Å². The van der Waals surface area contributed by atoms with Gasteiger partial charge in [-0.25, -0.2) is 10.8 Å². The number of nitrogens with two attached hydrogens (primary N) is 1. The number of anilines is 2. The minimum atomic E-state index is -0.386. The molecule has 0 aliphatic carbocycles. The summed E-state index contributed by atoms with van der Waals surface area (Å²) in [5.41, 5.74) is 3.08. The Bertz CT molecular complexity index is 634. The van der Waals surface area contributed by atoms with Gasteiger partial charge < -0.3 is 15.5 Å². The molecule has 2 aromatic rings. The lowest BCUT2D eigenvalue weighted by Crippen LogP contribution is -2.16. The molecule has 1 amide bonds. The minimum absolute atomic E-state index is 0.225. The van der Waals surface area contributed by atoms with Gasteiger partial charge in [-0.3, -0.25) is 4.79 Å². The van der Waals surface area contributed by atoms with Crippen LogP contribution in [0.2, 0.25) is 5.02 Å². The van der Waals surface area contributed by atoms with E-state index in [-0.39, 0.29) is 11.6 Å². The molecule has 0 aliphatic heterocycles.